The van der Waals surface area contributed by atoms with E-state index in [4.69, 9.17) is 13.9 Å². The summed E-state index contributed by atoms with van der Waals surface area (Å²) in [7, 11) is -3.50. The van der Waals surface area contributed by atoms with Crippen LogP contribution in [0, 0.1) is 0 Å². The zero-order valence-corrected chi connectivity index (χ0v) is 16.4. The monoisotopic (exact) mass is 415 g/mol. The third-order valence-electron chi connectivity index (χ3n) is 4.31. The van der Waals surface area contributed by atoms with Crippen molar-refractivity contribution >= 4 is 21.8 Å². The second-order valence-corrected chi connectivity index (χ2v) is 9.06. The molecule has 150 valence electrons. The molecule has 1 amide bonds. The van der Waals surface area contributed by atoms with Crippen LogP contribution in [0.25, 0.3) is 11.5 Å². The van der Waals surface area contributed by atoms with Crippen LogP contribution >= 0.6 is 0 Å². The van der Waals surface area contributed by atoms with Gasteiger partial charge < -0.3 is 13.9 Å². The Morgan fingerprint density at radius 3 is 2.66 bits per heavy atom. The van der Waals surface area contributed by atoms with E-state index < -0.39 is 21.0 Å². The number of sulfone groups is 1. The molecule has 2 aromatic carbocycles. The summed E-state index contributed by atoms with van der Waals surface area (Å²) in [6.45, 7) is 3.31. The van der Waals surface area contributed by atoms with E-state index in [2.05, 4.69) is 15.5 Å². The SMILES string of the molecule is CC(C)S(=O)(=O)c1cccc(C(=O)Nc2nnc(-c3ccc4c(c3)OCO4)o2)c1. The molecule has 1 aliphatic heterocycles. The number of rotatable bonds is 5. The van der Waals surface area contributed by atoms with Gasteiger partial charge in [0.1, 0.15) is 0 Å². The van der Waals surface area contributed by atoms with E-state index in [1.165, 1.54) is 24.3 Å². The number of benzene rings is 2. The van der Waals surface area contributed by atoms with Gasteiger partial charge in [-0.2, -0.15) is 0 Å². The fourth-order valence-corrected chi connectivity index (χ4v) is 3.78. The molecule has 0 aliphatic carbocycles. The second kappa shape index (κ2) is 7.21. The lowest BCUT2D eigenvalue weighted by Gasteiger charge is -2.09. The first-order valence-corrected chi connectivity index (χ1v) is 10.3. The Labute approximate surface area is 166 Å². The van der Waals surface area contributed by atoms with Gasteiger partial charge in [-0.05, 0) is 50.2 Å². The Balaban J connectivity index is 1.53. The molecule has 0 atom stereocenters. The lowest BCUT2D eigenvalue weighted by Crippen LogP contribution is -2.16. The van der Waals surface area contributed by atoms with Crippen molar-refractivity contribution in [2.75, 3.05) is 12.1 Å². The van der Waals surface area contributed by atoms with Crippen molar-refractivity contribution in [3.05, 3.63) is 48.0 Å². The van der Waals surface area contributed by atoms with Crippen LogP contribution in [0.2, 0.25) is 0 Å². The van der Waals surface area contributed by atoms with Crippen LogP contribution in [-0.4, -0.2) is 36.6 Å². The Bertz CT molecular complexity index is 1190. The van der Waals surface area contributed by atoms with Crippen molar-refractivity contribution in [2.24, 2.45) is 0 Å². The summed E-state index contributed by atoms with van der Waals surface area (Å²) >= 11 is 0. The fourth-order valence-electron chi connectivity index (χ4n) is 2.68. The summed E-state index contributed by atoms with van der Waals surface area (Å²) < 4.78 is 40.7. The van der Waals surface area contributed by atoms with Crippen molar-refractivity contribution < 1.29 is 27.1 Å². The maximum Gasteiger partial charge on any atom is 0.322 e. The minimum atomic E-state index is -3.50. The number of anilines is 1. The molecule has 0 bridgehead atoms. The zero-order valence-electron chi connectivity index (χ0n) is 15.6. The van der Waals surface area contributed by atoms with E-state index in [-0.39, 0.29) is 29.2 Å². The zero-order chi connectivity index (χ0) is 20.6. The average Bonchev–Trinajstić information content (AvgIpc) is 3.36. The number of amides is 1. The molecule has 0 radical (unpaired) electrons. The standard InChI is InChI=1S/C19H17N3O6S/c1-11(2)29(24,25)14-5-3-4-12(8-14)17(23)20-19-22-21-18(28-19)13-6-7-15-16(9-13)27-10-26-15/h3-9,11H,10H2,1-2H3,(H,20,22,23). The highest BCUT2D eigenvalue weighted by Gasteiger charge is 2.21. The van der Waals surface area contributed by atoms with Gasteiger partial charge in [0.2, 0.25) is 12.7 Å². The maximum atomic E-state index is 12.5. The summed E-state index contributed by atoms with van der Waals surface area (Å²) in [6, 6.07) is 10.8. The van der Waals surface area contributed by atoms with E-state index in [0.717, 1.165) is 0 Å². The highest BCUT2D eigenvalue weighted by atomic mass is 32.2. The molecule has 29 heavy (non-hydrogen) atoms. The molecule has 0 spiro atoms. The minimum Gasteiger partial charge on any atom is -0.454 e. The Hall–Kier alpha value is -3.40. The van der Waals surface area contributed by atoms with Crippen LogP contribution in [0.15, 0.2) is 51.8 Å². The van der Waals surface area contributed by atoms with Crippen LogP contribution in [0.4, 0.5) is 6.01 Å². The van der Waals surface area contributed by atoms with Gasteiger partial charge in [-0.25, -0.2) is 8.42 Å². The Morgan fingerprint density at radius 1 is 1.07 bits per heavy atom. The molecule has 0 saturated carbocycles. The summed E-state index contributed by atoms with van der Waals surface area (Å²) in [6.07, 6.45) is 0. The summed E-state index contributed by atoms with van der Waals surface area (Å²) in [5, 5.41) is 9.61. The van der Waals surface area contributed by atoms with Crippen molar-refractivity contribution in [2.45, 2.75) is 24.0 Å². The van der Waals surface area contributed by atoms with Gasteiger partial charge in [-0.3, -0.25) is 10.1 Å². The largest absolute Gasteiger partial charge is 0.454 e. The van der Waals surface area contributed by atoms with Crippen molar-refractivity contribution in [1.82, 2.24) is 10.2 Å². The van der Waals surface area contributed by atoms with Gasteiger partial charge in [0.05, 0.1) is 10.1 Å². The number of aromatic nitrogens is 2. The van der Waals surface area contributed by atoms with Crippen LogP contribution in [-0.2, 0) is 9.84 Å². The fraction of sp³-hybridized carbons (Fsp3) is 0.211. The molecule has 9 nitrogen and oxygen atoms in total. The van der Waals surface area contributed by atoms with Gasteiger partial charge >= 0.3 is 6.01 Å². The summed E-state index contributed by atoms with van der Waals surface area (Å²) in [5.41, 5.74) is 0.766. The summed E-state index contributed by atoms with van der Waals surface area (Å²) in [4.78, 5) is 12.6. The number of carbonyl (C=O) groups excluding carboxylic acids is 1. The number of hydrogen-bond acceptors (Lipinski definition) is 8. The van der Waals surface area contributed by atoms with E-state index in [9.17, 15) is 13.2 Å². The molecule has 3 aromatic rings. The molecule has 4 rings (SSSR count). The van der Waals surface area contributed by atoms with Gasteiger partial charge in [-0.1, -0.05) is 11.2 Å². The van der Waals surface area contributed by atoms with Crippen LogP contribution in [0.1, 0.15) is 24.2 Å². The molecule has 1 aliphatic rings. The third-order valence-corrected chi connectivity index (χ3v) is 6.46. The molecule has 0 saturated heterocycles. The van der Waals surface area contributed by atoms with Gasteiger partial charge in [0, 0.05) is 11.1 Å². The van der Waals surface area contributed by atoms with E-state index >= 15 is 0 Å². The molecule has 1 aromatic heterocycles. The Morgan fingerprint density at radius 2 is 1.86 bits per heavy atom. The van der Waals surface area contributed by atoms with E-state index in [1.54, 1.807) is 32.0 Å². The highest BCUT2D eigenvalue weighted by molar-refractivity contribution is 7.92. The van der Waals surface area contributed by atoms with E-state index in [0.29, 0.717) is 17.1 Å². The number of hydrogen-bond donors (Lipinski definition) is 1. The van der Waals surface area contributed by atoms with Gasteiger partial charge in [0.15, 0.2) is 21.3 Å². The Kier molecular flexibility index (Phi) is 4.71. The number of fused-ring (bicyclic) bond motifs is 1. The number of nitrogens with zero attached hydrogens (tertiary/aromatic N) is 2. The van der Waals surface area contributed by atoms with Crippen molar-refractivity contribution in [3.8, 4) is 23.0 Å². The molecule has 1 N–H and O–H groups in total. The maximum absolute atomic E-state index is 12.5. The normalized spacial score (nSPS) is 12.9. The molecular weight excluding hydrogens is 398 g/mol. The summed E-state index contributed by atoms with van der Waals surface area (Å²) in [5.74, 6) is 0.814. The van der Waals surface area contributed by atoms with Crippen LogP contribution in [0.5, 0.6) is 11.5 Å². The molecule has 10 heteroatoms. The molecular formula is C19H17N3O6S. The predicted molar refractivity (Wildman–Crippen MR) is 103 cm³/mol. The van der Waals surface area contributed by atoms with Crippen molar-refractivity contribution in [3.63, 3.8) is 0 Å². The van der Waals surface area contributed by atoms with E-state index in [1.807, 2.05) is 0 Å². The van der Waals surface area contributed by atoms with Gasteiger partial charge in [0.25, 0.3) is 5.91 Å². The topological polar surface area (TPSA) is 121 Å². The molecule has 0 fully saturated rings. The number of nitrogens with one attached hydrogen (secondary N) is 1. The first-order valence-electron chi connectivity index (χ1n) is 8.73. The third kappa shape index (κ3) is 3.66. The second-order valence-electron chi connectivity index (χ2n) is 6.56. The number of carbonyl (C=O) groups is 1. The quantitative estimate of drug-likeness (QED) is 0.675. The first-order chi connectivity index (χ1) is 13.8. The van der Waals surface area contributed by atoms with Crippen LogP contribution < -0.4 is 14.8 Å². The molecule has 2 heterocycles. The number of ether oxygens (including phenoxy) is 2. The predicted octanol–water partition coefficient (Wildman–Crippen LogP) is 2.90. The van der Waals surface area contributed by atoms with Crippen molar-refractivity contribution in [1.29, 1.82) is 0 Å². The highest BCUT2D eigenvalue weighted by Crippen LogP contribution is 2.35. The average molecular weight is 415 g/mol. The lowest BCUT2D eigenvalue weighted by atomic mass is 10.2. The van der Waals surface area contributed by atoms with Gasteiger partial charge in [-0.15, -0.1) is 5.10 Å². The first kappa shape index (κ1) is 18.9. The lowest BCUT2D eigenvalue weighted by molar-refractivity contribution is 0.102. The van der Waals surface area contributed by atoms with Crippen LogP contribution in [0.3, 0.4) is 0 Å². The molecule has 0 unspecified atom stereocenters. The minimum absolute atomic E-state index is 0.0757. The smallest absolute Gasteiger partial charge is 0.322 e.